The van der Waals surface area contributed by atoms with Crippen molar-refractivity contribution < 1.29 is 19.6 Å². The molecule has 0 radical (unpaired) electrons. The van der Waals surface area contributed by atoms with Crippen molar-refractivity contribution >= 4 is 17.3 Å². The molecular formula is C11H14N2O5. The maximum absolute atomic E-state index is 11.0. The van der Waals surface area contributed by atoms with E-state index in [9.17, 15) is 14.9 Å². The monoisotopic (exact) mass is 254 g/mol. The summed E-state index contributed by atoms with van der Waals surface area (Å²) < 4.78 is 4.89. The highest BCUT2D eigenvalue weighted by molar-refractivity contribution is 5.81. The molecule has 0 heterocycles. The second-order valence-electron chi connectivity index (χ2n) is 4.20. The van der Waals surface area contributed by atoms with E-state index in [2.05, 4.69) is 5.32 Å². The van der Waals surface area contributed by atoms with Crippen LogP contribution in [0.25, 0.3) is 0 Å². The molecule has 98 valence electrons. The van der Waals surface area contributed by atoms with Gasteiger partial charge in [0.2, 0.25) is 0 Å². The van der Waals surface area contributed by atoms with Gasteiger partial charge in [-0.05, 0) is 19.9 Å². The van der Waals surface area contributed by atoms with Crippen molar-refractivity contribution in [2.24, 2.45) is 0 Å². The van der Waals surface area contributed by atoms with Crippen LogP contribution >= 0.6 is 0 Å². The number of aliphatic carboxylic acids is 1. The molecule has 0 aliphatic heterocycles. The summed E-state index contributed by atoms with van der Waals surface area (Å²) >= 11 is 0. The summed E-state index contributed by atoms with van der Waals surface area (Å²) in [6.07, 6.45) is 0. The summed E-state index contributed by atoms with van der Waals surface area (Å²) in [6.45, 7) is 2.98. The normalized spacial score (nSPS) is 10.8. The Bertz CT molecular complexity index is 484. The minimum Gasteiger partial charge on any atom is -0.490 e. The smallest absolute Gasteiger partial charge is 0.328 e. The molecule has 1 aromatic carbocycles. The molecule has 7 heteroatoms. The van der Waals surface area contributed by atoms with Crippen LogP contribution in [0.15, 0.2) is 18.2 Å². The lowest BCUT2D eigenvalue weighted by Crippen LogP contribution is -2.39. The van der Waals surface area contributed by atoms with Crippen LogP contribution in [0.2, 0.25) is 0 Å². The fourth-order valence-electron chi connectivity index (χ4n) is 1.32. The Morgan fingerprint density at radius 2 is 2.11 bits per heavy atom. The molecule has 0 atom stereocenters. The molecule has 1 rings (SSSR count). The zero-order chi connectivity index (χ0) is 13.9. The topological polar surface area (TPSA) is 102 Å². The Hall–Kier alpha value is -2.31. The molecule has 7 nitrogen and oxygen atoms in total. The zero-order valence-corrected chi connectivity index (χ0v) is 10.3. The molecule has 2 N–H and O–H groups in total. The Kier molecular flexibility index (Phi) is 3.75. The van der Waals surface area contributed by atoms with Gasteiger partial charge in [-0.2, -0.15) is 0 Å². The Morgan fingerprint density at radius 1 is 1.50 bits per heavy atom. The van der Waals surface area contributed by atoms with Gasteiger partial charge < -0.3 is 15.2 Å². The van der Waals surface area contributed by atoms with Gasteiger partial charge in [0.05, 0.1) is 12.0 Å². The number of rotatable bonds is 5. The average molecular weight is 254 g/mol. The number of hydrogen-bond donors (Lipinski definition) is 2. The molecule has 0 spiro atoms. The van der Waals surface area contributed by atoms with E-state index in [0.717, 1.165) is 0 Å². The summed E-state index contributed by atoms with van der Waals surface area (Å²) in [5, 5.41) is 22.4. The minimum absolute atomic E-state index is 0.0752. The second kappa shape index (κ2) is 4.91. The van der Waals surface area contributed by atoms with E-state index in [4.69, 9.17) is 9.84 Å². The van der Waals surface area contributed by atoms with Gasteiger partial charge in [-0.25, -0.2) is 4.79 Å². The summed E-state index contributed by atoms with van der Waals surface area (Å²) in [5.74, 6) is -0.953. The van der Waals surface area contributed by atoms with Gasteiger partial charge in [0, 0.05) is 17.8 Å². The lowest BCUT2D eigenvalue weighted by Gasteiger charge is -2.22. The van der Waals surface area contributed by atoms with Gasteiger partial charge in [-0.1, -0.05) is 0 Å². The van der Waals surface area contributed by atoms with Gasteiger partial charge in [-0.15, -0.1) is 0 Å². The van der Waals surface area contributed by atoms with E-state index in [1.54, 1.807) is 0 Å². The Morgan fingerprint density at radius 3 is 2.56 bits per heavy atom. The second-order valence-corrected chi connectivity index (χ2v) is 4.20. The van der Waals surface area contributed by atoms with E-state index in [-0.39, 0.29) is 11.4 Å². The maximum atomic E-state index is 11.0. The van der Waals surface area contributed by atoms with Gasteiger partial charge >= 0.3 is 11.7 Å². The molecule has 0 aliphatic carbocycles. The summed E-state index contributed by atoms with van der Waals surface area (Å²) in [7, 11) is 1.31. The van der Waals surface area contributed by atoms with Crippen LogP contribution in [0.3, 0.4) is 0 Å². The number of nitro benzene ring substituents is 1. The zero-order valence-electron chi connectivity index (χ0n) is 10.3. The van der Waals surface area contributed by atoms with Crippen molar-refractivity contribution in [2.75, 3.05) is 12.4 Å². The average Bonchev–Trinajstić information content (AvgIpc) is 2.27. The fourth-order valence-corrected chi connectivity index (χ4v) is 1.32. The number of carbonyl (C=O) groups is 1. The molecule has 0 amide bonds. The predicted molar refractivity (Wildman–Crippen MR) is 65.0 cm³/mol. The van der Waals surface area contributed by atoms with Crippen LogP contribution in [0.4, 0.5) is 11.4 Å². The molecule has 0 aliphatic rings. The largest absolute Gasteiger partial charge is 0.490 e. The quantitative estimate of drug-likeness (QED) is 0.614. The van der Waals surface area contributed by atoms with Crippen LogP contribution in [0.1, 0.15) is 13.8 Å². The molecule has 0 aromatic heterocycles. The first-order chi connectivity index (χ1) is 8.27. The molecule has 1 aromatic rings. The number of ether oxygens (including phenoxy) is 1. The SMILES string of the molecule is COc1cc(NC(C)(C)C(=O)O)ccc1[N+](=O)[O-]. The van der Waals surface area contributed by atoms with Crippen LogP contribution in [0.5, 0.6) is 5.75 Å². The summed E-state index contributed by atoms with van der Waals surface area (Å²) in [5.41, 5.74) is -0.915. The summed E-state index contributed by atoms with van der Waals surface area (Å²) in [6, 6.07) is 4.09. The van der Waals surface area contributed by atoms with E-state index in [1.807, 2.05) is 0 Å². The van der Waals surface area contributed by atoms with Crippen molar-refractivity contribution in [3.8, 4) is 5.75 Å². The third-order valence-corrected chi connectivity index (χ3v) is 2.37. The molecule has 18 heavy (non-hydrogen) atoms. The van der Waals surface area contributed by atoms with Crippen LogP contribution in [-0.2, 0) is 4.79 Å². The van der Waals surface area contributed by atoms with Crippen molar-refractivity contribution in [3.63, 3.8) is 0 Å². The van der Waals surface area contributed by atoms with Crippen LogP contribution in [0, 0.1) is 10.1 Å². The minimum atomic E-state index is -1.18. The number of hydrogen-bond acceptors (Lipinski definition) is 5. The number of nitro groups is 1. The molecule has 0 saturated carbocycles. The number of methoxy groups -OCH3 is 1. The molecular weight excluding hydrogens is 240 g/mol. The molecule has 0 fully saturated rings. The van der Waals surface area contributed by atoms with Crippen LogP contribution < -0.4 is 10.1 Å². The fraction of sp³-hybridized carbons (Fsp3) is 0.364. The van der Waals surface area contributed by atoms with Gasteiger partial charge in [0.25, 0.3) is 0 Å². The van der Waals surface area contributed by atoms with Crippen molar-refractivity contribution in [2.45, 2.75) is 19.4 Å². The first kappa shape index (κ1) is 13.8. The maximum Gasteiger partial charge on any atom is 0.328 e. The third-order valence-electron chi connectivity index (χ3n) is 2.37. The molecule has 0 unspecified atom stereocenters. The number of nitrogens with zero attached hydrogens (tertiary/aromatic N) is 1. The van der Waals surface area contributed by atoms with E-state index in [0.29, 0.717) is 5.69 Å². The first-order valence-corrected chi connectivity index (χ1v) is 5.12. The number of carboxylic acids is 1. The third kappa shape index (κ3) is 2.88. The van der Waals surface area contributed by atoms with Gasteiger partial charge in [-0.3, -0.25) is 10.1 Å². The number of anilines is 1. The van der Waals surface area contributed by atoms with Gasteiger partial charge in [0.15, 0.2) is 5.75 Å². The van der Waals surface area contributed by atoms with Gasteiger partial charge in [0.1, 0.15) is 5.54 Å². The molecule has 0 bridgehead atoms. The van der Waals surface area contributed by atoms with Crippen molar-refractivity contribution in [1.29, 1.82) is 0 Å². The van der Waals surface area contributed by atoms with E-state index < -0.39 is 16.4 Å². The highest BCUT2D eigenvalue weighted by Crippen LogP contribution is 2.30. The Balaban J connectivity index is 3.07. The highest BCUT2D eigenvalue weighted by Gasteiger charge is 2.27. The number of benzene rings is 1. The van der Waals surface area contributed by atoms with Crippen molar-refractivity contribution in [3.05, 3.63) is 28.3 Å². The van der Waals surface area contributed by atoms with E-state index >= 15 is 0 Å². The lowest BCUT2D eigenvalue weighted by molar-refractivity contribution is -0.385. The standard InChI is InChI=1S/C11H14N2O5/c1-11(2,10(14)15)12-7-4-5-8(13(16)17)9(6-7)18-3/h4-6,12H,1-3H3,(H,14,15). The molecule has 0 saturated heterocycles. The van der Waals surface area contributed by atoms with Crippen LogP contribution in [-0.4, -0.2) is 28.6 Å². The Labute approximate surface area is 104 Å². The number of carboxylic acid groups (broad SMARTS) is 1. The summed E-state index contributed by atoms with van der Waals surface area (Å²) in [4.78, 5) is 21.1. The number of nitrogens with one attached hydrogen (secondary N) is 1. The first-order valence-electron chi connectivity index (χ1n) is 5.12. The highest BCUT2D eigenvalue weighted by atomic mass is 16.6. The van der Waals surface area contributed by atoms with E-state index in [1.165, 1.54) is 39.2 Å². The van der Waals surface area contributed by atoms with Crippen molar-refractivity contribution in [1.82, 2.24) is 0 Å². The lowest BCUT2D eigenvalue weighted by atomic mass is 10.1. The predicted octanol–water partition coefficient (Wildman–Crippen LogP) is 1.88.